The van der Waals surface area contributed by atoms with Crippen molar-refractivity contribution in [1.82, 2.24) is 10.2 Å². The second kappa shape index (κ2) is 10.4. The van der Waals surface area contributed by atoms with Crippen LogP contribution in [0.15, 0.2) is 53.0 Å². The number of hydrogen-bond acceptors (Lipinski definition) is 2. The molecule has 1 fully saturated rings. The fourth-order valence-electron chi connectivity index (χ4n) is 3.61. The summed E-state index contributed by atoms with van der Waals surface area (Å²) in [5, 5.41) is 5.80. The first kappa shape index (κ1) is 21.4. The lowest BCUT2D eigenvalue weighted by Crippen LogP contribution is -2.44. The third-order valence-corrected chi connectivity index (χ3v) is 6.07. The van der Waals surface area contributed by atoms with Gasteiger partial charge in [-0.05, 0) is 55.9 Å². The van der Waals surface area contributed by atoms with Crippen molar-refractivity contribution < 1.29 is 9.59 Å². The van der Waals surface area contributed by atoms with Gasteiger partial charge in [0, 0.05) is 36.2 Å². The summed E-state index contributed by atoms with van der Waals surface area (Å²) < 4.78 is 1.05. The maximum absolute atomic E-state index is 12.6. The molecule has 0 aliphatic carbocycles. The maximum atomic E-state index is 12.6. The quantitative estimate of drug-likeness (QED) is 0.657. The lowest BCUT2D eigenvalue weighted by atomic mass is 9.97. The van der Waals surface area contributed by atoms with E-state index < -0.39 is 0 Å². The maximum Gasteiger partial charge on any atom is 0.319 e. The molecule has 1 heterocycles. The Balaban J connectivity index is 1.42. The number of nitrogens with one attached hydrogen (secondary N) is 2. The number of piperidine rings is 1. The summed E-state index contributed by atoms with van der Waals surface area (Å²) in [5.41, 5.74) is 3.09. The molecule has 5 nitrogen and oxygen atoms in total. The van der Waals surface area contributed by atoms with E-state index in [-0.39, 0.29) is 11.9 Å². The van der Waals surface area contributed by atoms with Gasteiger partial charge in [0.25, 0.3) is 0 Å². The molecule has 1 atom stereocenters. The number of nitrogens with zero attached hydrogens (tertiary/aromatic N) is 1. The van der Waals surface area contributed by atoms with E-state index in [1.54, 1.807) is 0 Å². The summed E-state index contributed by atoms with van der Waals surface area (Å²) in [7, 11) is 0. The predicted octanol–water partition coefficient (Wildman–Crippen LogP) is 4.75. The second-order valence-electron chi connectivity index (χ2n) is 7.64. The lowest BCUT2D eigenvalue weighted by molar-refractivity contribution is -0.132. The van der Waals surface area contributed by atoms with Gasteiger partial charge in [-0.25, -0.2) is 4.79 Å². The van der Waals surface area contributed by atoms with Gasteiger partial charge in [-0.15, -0.1) is 0 Å². The molecule has 154 valence electrons. The largest absolute Gasteiger partial charge is 0.342 e. The number of rotatable bonds is 6. The Kier molecular flexibility index (Phi) is 7.69. The van der Waals surface area contributed by atoms with Gasteiger partial charge in [0.05, 0.1) is 0 Å². The molecule has 2 N–H and O–H groups in total. The molecule has 29 heavy (non-hydrogen) atoms. The summed E-state index contributed by atoms with van der Waals surface area (Å²) in [6.45, 7) is 4.10. The molecule has 1 unspecified atom stereocenters. The Morgan fingerprint density at radius 1 is 1.14 bits per heavy atom. The molecule has 0 bridgehead atoms. The number of amides is 3. The normalized spacial score (nSPS) is 16.3. The number of likely N-dealkylation sites (tertiary alicyclic amines) is 1. The molecule has 0 radical (unpaired) electrons. The van der Waals surface area contributed by atoms with Crippen molar-refractivity contribution in [2.45, 2.75) is 32.6 Å². The van der Waals surface area contributed by atoms with Gasteiger partial charge in [-0.3, -0.25) is 4.79 Å². The molecule has 2 aromatic rings. The van der Waals surface area contributed by atoms with Crippen molar-refractivity contribution in [3.05, 3.63) is 64.1 Å². The fraction of sp³-hybridized carbons (Fsp3) is 0.391. The van der Waals surface area contributed by atoms with Crippen LogP contribution in [0.1, 0.15) is 30.4 Å². The van der Waals surface area contributed by atoms with Crippen molar-refractivity contribution in [1.29, 1.82) is 0 Å². The van der Waals surface area contributed by atoms with Crippen LogP contribution in [0.25, 0.3) is 0 Å². The van der Waals surface area contributed by atoms with Crippen LogP contribution >= 0.6 is 15.9 Å². The highest BCUT2D eigenvalue weighted by Gasteiger charge is 2.23. The molecule has 3 amide bonds. The number of benzene rings is 2. The zero-order valence-corrected chi connectivity index (χ0v) is 18.4. The van der Waals surface area contributed by atoms with E-state index in [9.17, 15) is 9.59 Å². The van der Waals surface area contributed by atoms with Gasteiger partial charge in [-0.1, -0.05) is 51.8 Å². The topological polar surface area (TPSA) is 61.4 Å². The first-order valence-corrected chi connectivity index (χ1v) is 10.9. The van der Waals surface area contributed by atoms with E-state index in [0.717, 1.165) is 47.1 Å². The number of halogens is 1. The summed E-state index contributed by atoms with van der Waals surface area (Å²) in [6, 6.07) is 15.5. The SMILES string of the molecule is Cc1ccc(NC(=O)NCC2CCCN(C(=O)CCc3ccccc3Br)C2)cc1. The van der Waals surface area contributed by atoms with E-state index in [2.05, 4.69) is 26.6 Å². The number of carbonyl (C=O) groups excluding carboxylic acids is 2. The minimum Gasteiger partial charge on any atom is -0.342 e. The Bertz CT molecular complexity index is 838. The molecule has 0 spiro atoms. The van der Waals surface area contributed by atoms with Crippen molar-refractivity contribution >= 4 is 33.6 Å². The number of anilines is 1. The second-order valence-corrected chi connectivity index (χ2v) is 8.49. The molecule has 1 saturated heterocycles. The highest BCUT2D eigenvalue weighted by molar-refractivity contribution is 9.10. The van der Waals surface area contributed by atoms with Crippen LogP contribution in [0.2, 0.25) is 0 Å². The average molecular weight is 458 g/mol. The number of hydrogen-bond donors (Lipinski definition) is 2. The van der Waals surface area contributed by atoms with Crippen LogP contribution in [-0.4, -0.2) is 36.5 Å². The average Bonchev–Trinajstić information content (AvgIpc) is 2.73. The van der Waals surface area contributed by atoms with E-state index in [4.69, 9.17) is 0 Å². The fourth-order valence-corrected chi connectivity index (χ4v) is 4.09. The molecule has 1 aliphatic rings. The highest BCUT2D eigenvalue weighted by Crippen LogP contribution is 2.20. The molecule has 0 aromatic heterocycles. The zero-order chi connectivity index (χ0) is 20.6. The minimum absolute atomic E-state index is 0.189. The van der Waals surface area contributed by atoms with Crippen LogP contribution in [0.5, 0.6) is 0 Å². The van der Waals surface area contributed by atoms with Crippen LogP contribution < -0.4 is 10.6 Å². The van der Waals surface area contributed by atoms with Crippen LogP contribution in [0, 0.1) is 12.8 Å². The third kappa shape index (κ3) is 6.60. The predicted molar refractivity (Wildman–Crippen MR) is 120 cm³/mol. The smallest absolute Gasteiger partial charge is 0.319 e. The summed E-state index contributed by atoms with van der Waals surface area (Å²) >= 11 is 3.54. The number of urea groups is 1. The van der Waals surface area contributed by atoms with Gasteiger partial charge in [0.2, 0.25) is 5.91 Å². The van der Waals surface area contributed by atoms with Crippen molar-refractivity contribution in [3.63, 3.8) is 0 Å². The van der Waals surface area contributed by atoms with Crippen molar-refractivity contribution in [2.24, 2.45) is 5.92 Å². The van der Waals surface area contributed by atoms with Gasteiger partial charge in [-0.2, -0.15) is 0 Å². The monoisotopic (exact) mass is 457 g/mol. The van der Waals surface area contributed by atoms with Crippen molar-refractivity contribution in [2.75, 3.05) is 25.0 Å². The zero-order valence-electron chi connectivity index (χ0n) is 16.8. The lowest BCUT2D eigenvalue weighted by Gasteiger charge is -2.33. The molecule has 6 heteroatoms. The van der Waals surface area contributed by atoms with E-state index >= 15 is 0 Å². The van der Waals surface area contributed by atoms with Crippen LogP contribution in [0.4, 0.5) is 10.5 Å². The van der Waals surface area contributed by atoms with Crippen LogP contribution in [0.3, 0.4) is 0 Å². The summed E-state index contributed by atoms with van der Waals surface area (Å²) in [4.78, 5) is 26.7. The molecule has 0 saturated carbocycles. The molecule has 3 rings (SSSR count). The number of aryl methyl sites for hydroxylation is 2. The Hall–Kier alpha value is -2.34. The third-order valence-electron chi connectivity index (χ3n) is 5.30. The molecule has 2 aromatic carbocycles. The molecular weight excluding hydrogens is 430 g/mol. The standard InChI is InChI=1S/C23H28BrN3O2/c1-17-8-11-20(12-9-17)26-23(29)25-15-18-5-4-14-27(16-18)22(28)13-10-19-6-2-3-7-21(19)24/h2-3,6-9,11-12,18H,4-5,10,13-16H2,1H3,(H2,25,26,29). The molecule has 1 aliphatic heterocycles. The summed E-state index contributed by atoms with van der Waals surface area (Å²) in [5.74, 6) is 0.481. The van der Waals surface area contributed by atoms with Gasteiger partial charge < -0.3 is 15.5 Å². The Labute approximate surface area is 181 Å². The van der Waals surface area contributed by atoms with Gasteiger partial charge >= 0.3 is 6.03 Å². The first-order valence-electron chi connectivity index (χ1n) is 10.1. The van der Waals surface area contributed by atoms with Crippen molar-refractivity contribution in [3.8, 4) is 0 Å². The van der Waals surface area contributed by atoms with Crippen LogP contribution in [-0.2, 0) is 11.2 Å². The van der Waals surface area contributed by atoms with E-state index in [1.807, 2.05) is 60.4 Å². The first-order chi connectivity index (χ1) is 14.0. The minimum atomic E-state index is -0.203. The Morgan fingerprint density at radius 3 is 2.66 bits per heavy atom. The van der Waals surface area contributed by atoms with Gasteiger partial charge in [0.1, 0.15) is 0 Å². The van der Waals surface area contributed by atoms with E-state index in [0.29, 0.717) is 25.4 Å². The van der Waals surface area contributed by atoms with E-state index in [1.165, 1.54) is 0 Å². The number of carbonyl (C=O) groups is 2. The highest BCUT2D eigenvalue weighted by atomic mass is 79.9. The summed E-state index contributed by atoms with van der Waals surface area (Å²) in [6.07, 6.45) is 3.25. The molecular formula is C23H28BrN3O2. The Morgan fingerprint density at radius 2 is 1.90 bits per heavy atom. The van der Waals surface area contributed by atoms with Gasteiger partial charge in [0.15, 0.2) is 0 Å².